The van der Waals surface area contributed by atoms with Crippen molar-refractivity contribution in [3.8, 4) is 0 Å². The molecule has 0 atom stereocenters. The Kier molecular flexibility index (Phi) is 12.2. The third-order valence-corrected chi connectivity index (χ3v) is 4.43. The summed E-state index contributed by atoms with van der Waals surface area (Å²) in [5.74, 6) is -0.213. The van der Waals surface area contributed by atoms with E-state index in [-0.39, 0.29) is 11.8 Å². The predicted octanol–water partition coefficient (Wildman–Crippen LogP) is 4.96. The Labute approximate surface area is 189 Å². The first-order chi connectivity index (χ1) is 15.7. The third kappa shape index (κ3) is 12.0. The van der Waals surface area contributed by atoms with Crippen LogP contribution in [0.15, 0.2) is 83.0 Å². The molecule has 0 heterocycles. The number of nitrogens with zero attached hydrogens (tertiary/aromatic N) is 2. The summed E-state index contributed by atoms with van der Waals surface area (Å²) >= 11 is 0. The summed E-state index contributed by atoms with van der Waals surface area (Å²) in [6.07, 6.45) is 14.7. The van der Waals surface area contributed by atoms with Crippen LogP contribution in [0, 0.1) is 0 Å². The Balaban J connectivity index is 1.45. The second-order valence-electron chi connectivity index (χ2n) is 7.08. The van der Waals surface area contributed by atoms with E-state index in [1.165, 1.54) is 0 Å². The Morgan fingerprint density at radius 1 is 0.625 bits per heavy atom. The molecule has 32 heavy (non-hydrogen) atoms. The van der Waals surface area contributed by atoms with Gasteiger partial charge in [-0.3, -0.25) is 9.59 Å². The molecule has 2 aromatic carbocycles. The maximum Gasteiger partial charge on any atom is 0.240 e. The maximum absolute atomic E-state index is 11.7. The van der Waals surface area contributed by atoms with Crippen LogP contribution in [0.5, 0.6) is 0 Å². The summed E-state index contributed by atoms with van der Waals surface area (Å²) in [7, 11) is 0. The zero-order valence-electron chi connectivity index (χ0n) is 18.2. The summed E-state index contributed by atoms with van der Waals surface area (Å²) in [6.45, 7) is 0. The van der Waals surface area contributed by atoms with E-state index in [2.05, 4.69) is 21.1 Å². The fraction of sp³-hybridized carbons (Fsp3) is 0.231. The lowest BCUT2D eigenvalue weighted by atomic mass is 10.1. The van der Waals surface area contributed by atoms with E-state index in [9.17, 15) is 9.59 Å². The van der Waals surface area contributed by atoms with Crippen LogP contribution in [-0.4, -0.2) is 24.2 Å². The number of hydrogen-bond acceptors (Lipinski definition) is 4. The molecule has 0 aliphatic rings. The van der Waals surface area contributed by atoms with Crippen LogP contribution in [0.25, 0.3) is 12.2 Å². The molecule has 0 aliphatic carbocycles. The van der Waals surface area contributed by atoms with Crippen molar-refractivity contribution in [1.29, 1.82) is 0 Å². The molecule has 0 saturated heterocycles. The molecule has 166 valence electrons. The topological polar surface area (TPSA) is 82.9 Å². The molecule has 2 aromatic rings. The first kappa shape index (κ1) is 24.5. The van der Waals surface area contributed by atoms with E-state index in [0.29, 0.717) is 12.8 Å². The van der Waals surface area contributed by atoms with E-state index >= 15 is 0 Å². The quantitative estimate of drug-likeness (QED) is 0.267. The molecular formula is C26H30N4O2. The molecule has 6 nitrogen and oxygen atoms in total. The second kappa shape index (κ2) is 16.0. The molecule has 2 rings (SSSR count). The van der Waals surface area contributed by atoms with Crippen molar-refractivity contribution in [2.75, 3.05) is 0 Å². The molecule has 0 saturated carbocycles. The zero-order chi connectivity index (χ0) is 22.7. The van der Waals surface area contributed by atoms with Crippen molar-refractivity contribution >= 4 is 36.4 Å². The van der Waals surface area contributed by atoms with Crippen molar-refractivity contribution in [3.05, 3.63) is 83.9 Å². The fourth-order valence-corrected chi connectivity index (χ4v) is 2.78. The highest BCUT2D eigenvalue weighted by Crippen LogP contribution is 2.05. The van der Waals surface area contributed by atoms with Crippen molar-refractivity contribution in [3.63, 3.8) is 0 Å². The van der Waals surface area contributed by atoms with Crippen LogP contribution in [0.1, 0.15) is 49.7 Å². The molecule has 0 aliphatic heterocycles. The summed E-state index contributed by atoms with van der Waals surface area (Å²) < 4.78 is 0. The van der Waals surface area contributed by atoms with Gasteiger partial charge in [0, 0.05) is 25.3 Å². The number of carbonyl (C=O) groups excluding carboxylic acids is 2. The van der Waals surface area contributed by atoms with Gasteiger partial charge in [-0.1, -0.05) is 85.7 Å². The minimum atomic E-state index is -0.106. The lowest BCUT2D eigenvalue weighted by molar-refractivity contribution is -0.122. The van der Waals surface area contributed by atoms with Gasteiger partial charge in [-0.05, 0) is 36.1 Å². The maximum atomic E-state index is 11.7. The summed E-state index contributed by atoms with van der Waals surface area (Å²) in [6, 6.07) is 19.7. The van der Waals surface area contributed by atoms with Gasteiger partial charge in [-0.2, -0.15) is 10.2 Å². The van der Waals surface area contributed by atoms with Gasteiger partial charge in [0.15, 0.2) is 0 Å². The Hall–Kier alpha value is -3.80. The Morgan fingerprint density at radius 3 is 1.44 bits per heavy atom. The molecule has 2 N–H and O–H groups in total. The number of rotatable bonds is 13. The highest BCUT2D eigenvalue weighted by Gasteiger charge is 2.01. The third-order valence-electron chi connectivity index (χ3n) is 4.43. The van der Waals surface area contributed by atoms with E-state index < -0.39 is 0 Å². The van der Waals surface area contributed by atoms with Crippen molar-refractivity contribution in [2.24, 2.45) is 10.2 Å². The molecule has 0 spiro atoms. The standard InChI is InChI=1S/C26H30N4O2/c31-25(29-27-21-11-17-23-13-5-3-6-14-23)19-9-1-2-10-20-26(32)30-28-22-12-18-24-15-7-4-8-16-24/h3-8,11-18,21-22H,1-2,9-10,19-20H2,(H,29,31)(H,30,32). The van der Waals surface area contributed by atoms with Crippen molar-refractivity contribution < 1.29 is 9.59 Å². The summed E-state index contributed by atoms with van der Waals surface area (Å²) in [5.41, 5.74) is 7.18. The van der Waals surface area contributed by atoms with Crippen LogP contribution in [-0.2, 0) is 9.59 Å². The first-order valence-electron chi connectivity index (χ1n) is 10.8. The van der Waals surface area contributed by atoms with Crippen LogP contribution in [0.2, 0.25) is 0 Å². The van der Waals surface area contributed by atoms with Crippen molar-refractivity contribution in [1.82, 2.24) is 10.9 Å². The monoisotopic (exact) mass is 430 g/mol. The number of hydrazone groups is 2. The largest absolute Gasteiger partial charge is 0.273 e. The molecule has 0 unspecified atom stereocenters. The number of allylic oxidation sites excluding steroid dienone is 2. The average Bonchev–Trinajstić information content (AvgIpc) is 2.82. The van der Waals surface area contributed by atoms with Gasteiger partial charge in [-0.25, -0.2) is 10.9 Å². The number of carbonyl (C=O) groups is 2. The lowest BCUT2D eigenvalue weighted by Crippen LogP contribution is -2.17. The van der Waals surface area contributed by atoms with Crippen LogP contribution < -0.4 is 10.9 Å². The molecule has 0 radical (unpaired) electrons. The van der Waals surface area contributed by atoms with Gasteiger partial charge in [0.25, 0.3) is 0 Å². The van der Waals surface area contributed by atoms with E-state index in [1.54, 1.807) is 24.6 Å². The molecule has 0 bridgehead atoms. The van der Waals surface area contributed by atoms with Gasteiger partial charge in [0.05, 0.1) is 0 Å². The normalized spacial score (nSPS) is 11.6. The lowest BCUT2D eigenvalue weighted by Gasteiger charge is -2.01. The molecule has 2 amide bonds. The number of unbranched alkanes of at least 4 members (excludes halogenated alkanes) is 3. The van der Waals surface area contributed by atoms with Gasteiger partial charge >= 0.3 is 0 Å². The number of hydrogen-bond donors (Lipinski definition) is 2. The molecule has 6 heteroatoms. The van der Waals surface area contributed by atoms with E-state index in [1.807, 2.05) is 72.8 Å². The highest BCUT2D eigenvalue weighted by atomic mass is 16.2. The van der Waals surface area contributed by atoms with Gasteiger partial charge in [0.1, 0.15) is 0 Å². The molecule has 0 fully saturated rings. The number of amides is 2. The van der Waals surface area contributed by atoms with Crippen LogP contribution >= 0.6 is 0 Å². The second-order valence-corrected chi connectivity index (χ2v) is 7.08. The number of benzene rings is 2. The van der Waals surface area contributed by atoms with Crippen LogP contribution in [0.4, 0.5) is 0 Å². The minimum Gasteiger partial charge on any atom is -0.273 e. The van der Waals surface area contributed by atoms with E-state index in [0.717, 1.165) is 36.8 Å². The zero-order valence-corrected chi connectivity index (χ0v) is 18.2. The smallest absolute Gasteiger partial charge is 0.240 e. The Morgan fingerprint density at radius 2 is 1.03 bits per heavy atom. The predicted molar refractivity (Wildman–Crippen MR) is 132 cm³/mol. The SMILES string of the molecule is O=C(CCCCCCC(=O)NN=CC=Cc1ccccc1)NN=CC=Cc1ccccc1. The summed E-state index contributed by atoms with van der Waals surface area (Å²) in [5, 5.41) is 7.80. The molecule has 0 aromatic heterocycles. The Bertz CT molecular complexity index is 842. The number of nitrogens with one attached hydrogen (secondary N) is 2. The van der Waals surface area contributed by atoms with E-state index in [4.69, 9.17) is 0 Å². The van der Waals surface area contributed by atoms with Crippen molar-refractivity contribution in [2.45, 2.75) is 38.5 Å². The van der Waals surface area contributed by atoms with Gasteiger partial charge in [-0.15, -0.1) is 0 Å². The summed E-state index contributed by atoms with van der Waals surface area (Å²) in [4.78, 5) is 23.5. The average molecular weight is 431 g/mol. The van der Waals surface area contributed by atoms with Gasteiger partial charge < -0.3 is 0 Å². The first-order valence-corrected chi connectivity index (χ1v) is 10.8. The minimum absolute atomic E-state index is 0.106. The fourth-order valence-electron chi connectivity index (χ4n) is 2.78. The van der Waals surface area contributed by atoms with Crippen LogP contribution in [0.3, 0.4) is 0 Å². The van der Waals surface area contributed by atoms with Gasteiger partial charge in [0.2, 0.25) is 11.8 Å². The molecular weight excluding hydrogens is 400 g/mol. The highest BCUT2D eigenvalue weighted by molar-refractivity contribution is 5.82.